The van der Waals surface area contributed by atoms with Crippen molar-refractivity contribution in [2.45, 2.75) is 6.92 Å². The predicted octanol–water partition coefficient (Wildman–Crippen LogP) is 4.52. The number of piperazine rings is 1. The fraction of sp³-hybridized carbons (Fsp3) is 0.217. The van der Waals surface area contributed by atoms with Crippen molar-refractivity contribution in [2.75, 3.05) is 36.0 Å². The molecule has 0 N–H and O–H groups in total. The van der Waals surface area contributed by atoms with Crippen molar-refractivity contribution in [3.05, 3.63) is 71.6 Å². The van der Waals surface area contributed by atoms with Gasteiger partial charge in [0.15, 0.2) is 0 Å². The highest BCUT2D eigenvalue weighted by atomic mass is 19.1. The summed E-state index contributed by atoms with van der Waals surface area (Å²) < 4.78 is 13.2. The van der Waals surface area contributed by atoms with Gasteiger partial charge in [-0.15, -0.1) is 0 Å². The van der Waals surface area contributed by atoms with E-state index in [9.17, 15) is 9.65 Å². The lowest BCUT2D eigenvalue weighted by Gasteiger charge is -2.37. The lowest BCUT2D eigenvalue weighted by molar-refractivity contribution is 0.624. The SMILES string of the molecule is C=Cc1cc(C)cc2c(C#N)cc(N3CCN(c4ccc(F)cc4)CC3)nc12. The number of aryl methyl sites for hydroxylation is 1. The van der Waals surface area contributed by atoms with E-state index in [0.717, 1.165) is 59.7 Å². The average molecular weight is 372 g/mol. The Kier molecular flexibility index (Phi) is 4.70. The fourth-order valence-electron chi connectivity index (χ4n) is 3.75. The van der Waals surface area contributed by atoms with Gasteiger partial charge in [-0.2, -0.15) is 5.26 Å². The standard InChI is InChI=1S/C23H21FN4/c1-3-17-12-16(2)13-21-18(15-25)14-22(26-23(17)21)28-10-8-27(9-11-28)20-6-4-19(24)5-7-20/h3-7,12-14H,1,8-11H2,2H3. The zero-order chi connectivity index (χ0) is 19.7. The molecule has 140 valence electrons. The van der Waals surface area contributed by atoms with Crippen LogP contribution < -0.4 is 9.80 Å². The zero-order valence-corrected chi connectivity index (χ0v) is 15.8. The number of hydrogen-bond donors (Lipinski definition) is 0. The summed E-state index contributed by atoms with van der Waals surface area (Å²) >= 11 is 0. The van der Waals surface area contributed by atoms with E-state index in [-0.39, 0.29) is 5.82 Å². The number of aromatic nitrogens is 1. The average Bonchev–Trinajstić information content (AvgIpc) is 2.73. The Hall–Kier alpha value is -3.39. The predicted molar refractivity (Wildman–Crippen MR) is 112 cm³/mol. The van der Waals surface area contributed by atoms with Crippen molar-refractivity contribution in [2.24, 2.45) is 0 Å². The molecule has 1 aromatic heterocycles. The van der Waals surface area contributed by atoms with Gasteiger partial charge in [-0.1, -0.05) is 12.7 Å². The maximum Gasteiger partial charge on any atom is 0.130 e. The zero-order valence-electron chi connectivity index (χ0n) is 15.8. The summed E-state index contributed by atoms with van der Waals surface area (Å²) in [6.07, 6.45) is 1.79. The molecule has 0 amide bonds. The van der Waals surface area contributed by atoms with Crippen molar-refractivity contribution in [1.82, 2.24) is 4.98 Å². The minimum absolute atomic E-state index is 0.222. The minimum Gasteiger partial charge on any atom is -0.368 e. The van der Waals surface area contributed by atoms with Crippen LogP contribution in [-0.4, -0.2) is 31.2 Å². The first-order valence-electron chi connectivity index (χ1n) is 9.32. The van der Waals surface area contributed by atoms with E-state index in [2.05, 4.69) is 22.4 Å². The highest BCUT2D eigenvalue weighted by molar-refractivity contribution is 5.93. The molecule has 0 spiro atoms. The Bertz CT molecular complexity index is 1070. The van der Waals surface area contributed by atoms with Gasteiger partial charge in [-0.25, -0.2) is 9.37 Å². The number of benzene rings is 2. The topological polar surface area (TPSA) is 43.2 Å². The number of halogens is 1. The third kappa shape index (κ3) is 3.29. The first-order chi connectivity index (χ1) is 13.6. The molecule has 0 unspecified atom stereocenters. The van der Waals surface area contributed by atoms with E-state index in [1.807, 2.05) is 37.3 Å². The largest absolute Gasteiger partial charge is 0.368 e. The Morgan fingerprint density at radius 1 is 1.07 bits per heavy atom. The van der Waals surface area contributed by atoms with E-state index < -0.39 is 0 Å². The Balaban J connectivity index is 1.63. The number of nitriles is 1. The van der Waals surface area contributed by atoms with Gasteiger partial charge in [0.2, 0.25) is 0 Å². The van der Waals surface area contributed by atoms with Crippen LogP contribution in [0.15, 0.2) is 49.0 Å². The molecule has 4 rings (SSSR count). The van der Waals surface area contributed by atoms with Crippen LogP contribution in [0.2, 0.25) is 0 Å². The van der Waals surface area contributed by atoms with Crippen LogP contribution in [0.3, 0.4) is 0 Å². The van der Waals surface area contributed by atoms with E-state index in [0.29, 0.717) is 5.56 Å². The van der Waals surface area contributed by atoms with Crippen LogP contribution in [-0.2, 0) is 0 Å². The summed E-state index contributed by atoms with van der Waals surface area (Å²) in [5, 5.41) is 10.5. The second kappa shape index (κ2) is 7.32. The summed E-state index contributed by atoms with van der Waals surface area (Å²) in [5.74, 6) is 0.592. The van der Waals surface area contributed by atoms with Gasteiger partial charge in [0, 0.05) is 42.8 Å². The third-order valence-corrected chi connectivity index (χ3v) is 5.21. The van der Waals surface area contributed by atoms with Crippen LogP contribution in [0.1, 0.15) is 16.7 Å². The summed E-state index contributed by atoms with van der Waals surface area (Å²) in [5.41, 5.74) is 4.50. The first-order valence-corrected chi connectivity index (χ1v) is 9.32. The lowest BCUT2D eigenvalue weighted by atomic mass is 10.0. The number of nitrogens with zero attached hydrogens (tertiary/aromatic N) is 4. The molecular formula is C23H21FN4. The molecule has 0 radical (unpaired) electrons. The first kappa shape index (κ1) is 18.0. The summed E-state index contributed by atoms with van der Waals surface area (Å²) in [6, 6.07) is 14.8. The van der Waals surface area contributed by atoms with Gasteiger partial charge in [0.1, 0.15) is 11.6 Å². The highest BCUT2D eigenvalue weighted by Crippen LogP contribution is 2.28. The van der Waals surface area contributed by atoms with Gasteiger partial charge in [0.25, 0.3) is 0 Å². The number of rotatable bonds is 3. The molecule has 3 aromatic rings. The Morgan fingerprint density at radius 2 is 1.75 bits per heavy atom. The van der Waals surface area contributed by atoms with Gasteiger partial charge in [-0.05, 0) is 55.0 Å². The molecule has 1 fully saturated rings. The maximum absolute atomic E-state index is 13.2. The van der Waals surface area contributed by atoms with Crippen molar-refractivity contribution in [3.63, 3.8) is 0 Å². The second-order valence-corrected chi connectivity index (χ2v) is 7.04. The highest BCUT2D eigenvalue weighted by Gasteiger charge is 2.20. The molecule has 0 atom stereocenters. The molecule has 28 heavy (non-hydrogen) atoms. The quantitative estimate of drug-likeness (QED) is 0.678. The van der Waals surface area contributed by atoms with Crippen molar-refractivity contribution in [1.29, 1.82) is 5.26 Å². The molecule has 1 saturated heterocycles. The molecule has 1 aliphatic rings. The molecule has 0 saturated carbocycles. The monoisotopic (exact) mass is 372 g/mol. The molecule has 4 nitrogen and oxygen atoms in total. The number of hydrogen-bond acceptors (Lipinski definition) is 4. The molecule has 0 bridgehead atoms. The van der Waals surface area contributed by atoms with Gasteiger partial charge in [-0.3, -0.25) is 0 Å². The third-order valence-electron chi connectivity index (χ3n) is 5.21. The van der Waals surface area contributed by atoms with E-state index in [1.54, 1.807) is 6.08 Å². The normalized spacial score (nSPS) is 14.2. The molecular weight excluding hydrogens is 351 g/mol. The molecule has 1 aliphatic heterocycles. The van der Waals surface area contributed by atoms with Gasteiger partial charge < -0.3 is 9.80 Å². The Labute approximate surface area is 164 Å². The Morgan fingerprint density at radius 3 is 2.39 bits per heavy atom. The van der Waals surface area contributed by atoms with Crippen molar-refractivity contribution < 1.29 is 4.39 Å². The van der Waals surface area contributed by atoms with Crippen LogP contribution in [0.4, 0.5) is 15.9 Å². The molecule has 2 aromatic carbocycles. The fourth-order valence-corrected chi connectivity index (χ4v) is 3.75. The van der Waals surface area contributed by atoms with Gasteiger partial charge in [0.05, 0.1) is 17.1 Å². The second-order valence-electron chi connectivity index (χ2n) is 7.04. The maximum atomic E-state index is 13.2. The molecule has 5 heteroatoms. The summed E-state index contributed by atoms with van der Waals surface area (Å²) in [6.45, 7) is 9.12. The van der Waals surface area contributed by atoms with E-state index >= 15 is 0 Å². The van der Waals surface area contributed by atoms with Crippen LogP contribution in [0, 0.1) is 24.1 Å². The van der Waals surface area contributed by atoms with Gasteiger partial charge >= 0.3 is 0 Å². The molecule has 0 aliphatic carbocycles. The number of fused-ring (bicyclic) bond motifs is 1. The van der Waals surface area contributed by atoms with E-state index in [4.69, 9.17) is 4.98 Å². The summed E-state index contributed by atoms with van der Waals surface area (Å²) in [7, 11) is 0. The lowest BCUT2D eigenvalue weighted by Crippen LogP contribution is -2.46. The van der Waals surface area contributed by atoms with Crippen molar-refractivity contribution in [3.8, 4) is 6.07 Å². The smallest absolute Gasteiger partial charge is 0.130 e. The summed E-state index contributed by atoms with van der Waals surface area (Å²) in [4.78, 5) is 9.30. The number of anilines is 2. The minimum atomic E-state index is -0.222. The van der Waals surface area contributed by atoms with Crippen LogP contribution in [0.5, 0.6) is 0 Å². The van der Waals surface area contributed by atoms with Crippen LogP contribution >= 0.6 is 0 Å². The van der Waals surface area contributed by atoms with Crippen molar-refractivity contribution >= 4 is 28.5 Å². The number of pyridine rings is 1. The van der Waals surface area contributed by atoms with E-state index in [1.165, 1.54) is 12.1 Å². The molecule has 2 heterocycles. The van der Waals surface area contributed by atoms with Crippen LogP contribution in [0.25, 0.3) is 17.0 Å².